The molecule has 0 heterocycles. The number of hydrogen-bond donors (Lipinski definition) is 0. The molecule has 0 aromatic heterocycles. The van der Waals surface area contributed by atoms with E-state index in [1.54, 1.807) is 14.2 Å². The van der Waals surface area contributed by atoms with E-state index in [-0.39, 0.29) is 0 Å². The van der Waals surface area contributed by atoms with Gasteiger partial charge in [-0.1, -0.05) is 83.9 Å². The molecule has 0 saturated carbocycles. The maximum atomic E-state index is 6.59. The quantitative estimate of drug-likeness (QED) is 0.316. The lowest BCUT2D eigenvalue weighted by Crippen LogP contribution is -1.96. The van der Waals surface area contributed by atoms with Crippen LogP contribution in [-0.4, -0.2) is 14.2 Å². The number of hydrogen-bond acceptors (Lipinski definition) is 2. The van der Waals surface area contributed by atoms with Crippen molar-refractivity contribution in [3.8, 4) is 44.9 Å². The SMILES string of the molecule is COc1cccc(-c2cccc(OC)c2-c2ccccc2Cl)c1-c1ccccc1Cl. The zero-order chi connectivity index (χ0) is 21.1. The second-order valence-corrected chi connectivity index (χ2v) is 7.54. The normalized spacial score (nSPS) is 10.7. The minimum absolute atomic E-state index is 0.658. The summed E-state index contributed by atoms with van der Waals surface area (Å²) in [5.41, 5.74) is 5.62. The van der Waals surface area contributed by atoms with Crippen LogP contribution in [0.4, 0.5) is 0 Å². The van der Waals surface area contributed by atoms with Crippen LogP contribution in [0.3, 0.4) is 0 Å². The third-order valence-electron chi connectivity index (χ3n) is 5.07. The van der Waals surface area contributed by atoms with Crippen LogP contribution in [0, 0.1) is 0 Å². The van der Waals surface area contributed by atoms with Gasteiger partial charge in [0.1, 0.15) is 11.5 Å². The topological polar surface area (TPSA) is 18.5 Å². The third-order valence-corrected chi connectivity index (χ3v) is 5.73. The van der Waals surface area contributed by atoms with E-state index >= 15 is 0 Å². The fraction of sp³-hybridized carbons (Fsp3) is 0.0769. The Morgan fingerprint density at radius 2 is 0.833 bits per heavy atom. The molecule has 0 aliphatic heterocycles. The van der Waals surface area contributed by atoms with Gasteiger partial charge in [-0.25, -0.2) is 0 Å². The van der Waals surface area contributed by atoms with E-state index in [1.165, 1.54) is 0 Å². The minimum atomic E-state index is 0.658. The summed E-state index contributed by atoms with van der Waals surface area (Å²) in [6, 6.07) is 27.5. The van der Waals surface area contributed by atoms with Crippen LogP contribution in [0.15, 0.2) is 84.9 Å². The molecule has 30 heavy (non-hydrogen) atoms. The van der Waals surface area contributed by atoms with Gasteiger partial charge in [-0.15, -0.1) is 0 Å². The molecule has 0 bridgehead atoms. The molecule has 0 amide bonds. The first-order valence-corrected chi connectivity index (χ1v) is 10.3. The number of rotatable bonds is 5. The van der Waals surface area contributed by atoms with Crippen LogP contribution < -0.4 is 9.47 Å². The Bertz CT molecular complexity index is 1110. The lowest BCUT2D eigenvalue weighted by Gasteiger charge is -2.20. The van der Waals surface area contributed by atoms with Crippen LogP contribution in [0.1, 0.15) is 0 Å². The highest BCUT2D eigenvalue weighted by atomic mass is 35.5. The number of ether oxygens (including phenoxy) is 2. The first-order chi connectivity index (χ1) is 14.7. The zero-order valence-electron chi connectivity index (χ0n) is 16.7. The maximum absolute atomic E-state index is 6.59. The van der Waals surface area contributed by atoms with Crippen molar-refractivity contribution in [2.24, 2.45) is 0 Å². The molecule has 4 aromatic carbocycles. The highest BCUT2D eigenvalue weighted by Gasteiger charge is 2.21. The molecule has 0 aliphatic rings. The molecular formula is C26H20Cl2O2. The minimum Gasteiger partial charge on any atom is -0.496 e. The Morgan fingerprint density at radius 3 is 1.20 bits per heavy atom. The first-order valence-electron chi connectivity index (χ1n) is 9.50. The van der Waals surface area contributed by atoms with Crippen molar-refractivity contribution in [2.75, 3.05) is 14.2 Å². The zero-order valence-corrected chi connectivity index (χ0v) is 18.2. The summed E-state index contributed by atoms with van der Waals surface area (Å²) in [4.78, 5) is 0. The van der Waals surface area contributed by atoms with E-state index in [9.17, 15) is 0 Å². The molecule has 0 saturated heterocycles. The molecule has 0 atom stereocenters. The van der Waals surface area contributed by atoms with E-state index < -0.39 is 0 Å². The summed E-state index contributed by atoms with van der Waals surface area (Å²) in [6.45, 7) is 0. The van der Waals surface area contributed by atoms with E-state index in [1.807, 2.05) is 72.8 Å². The second kappa shape index (κ2) is 8.83. The predicted molar refractivity (Wildman–Crippen MR) is 126 cm³/mol. The highest BCUT2D eigenvalue weighted by Crippen LogP contribution is 2.48. The number of benzene rings is 4. The van der Waals surface area contributed by atoms with Crippen molar-refractivity contribution in [1.82, 2.24) is 0 Å². The lowest BCUT2D eigenvalue weighted by atomic mass is 9.88. The smallest absolute Gasteiger partial charge is 0.127 e. The van der Waals surface area contributed by atoms with Crippen molar-refractivity contribution in [2.45, 2.75) is 0 Å². The van der Waals surface area contributed by atoms with Crippen LogP contribution in [0.2, 0.25) is 10.0 Å². The highest BCUT2D eigenvalue weighted by molar-refractivity contribution is 6.34. The summed E-state index contributed by atoms with van der Waals surface area (Å²) in [6.07, 6.45) is 0. The van der Waals surface area contributed by atoms with Gasteiger partial charge in [0.25, 0.3) is 0 Å². The molecule has 4 heteroatoms. The van der Waals surface area contributed by atoms with E-state index in [0.29, 0.717) is 10.0 Å². The third kappa shape index (κ3) is 3.65. The Hall–Kier alpha value is -2.94. The van der Waals surface area contributed by atoms with Crippen LogP contribution in [-0.2, 0) is 0 Å². The van der Waals surface area contributed by atoms with Crippen molar-refractivity contribution >= 4 is 23.2 Å². The van der Waals surface area contributed by atoms with Gasteiger partial charge in [0.05, 0.1) is 14.2 Å². The van der Waals surface area contributed by atoms with Gasteiger partial charge >= 0.3 is 0 Å². The molecule has 0 aliphatic carbocycles. The summed E-state index contributed by atoms with van der Waals surface area (Å²) >= 11 is 13.2. The molecular weight excluding hydrogens is 415 g/mol. The Labute approximate surface area is 186 Å². The predicted octanol–water partition coefficient (Wildman–Crippen LogP) is 8.01. The van der Waals surface area contributed by atoms with Crippen molar-refractivity contribution in [3.05, 3.63) is 95.0 Å². The lowest BCUT2D eigenvalue weighted by molar-refractivity contribution is 0.416. The van der Waals surface area contributed by atoms with Gasteiger partial charge in [-0.05, 0) is 35.4 Å². The first kappa shape index (κ1) is 20.3. The van der Waals surface area contributed by atoms with Gasteiger partial charge < -0.3 is 9.47 Å². The molecule has 4 rings (SSSR count). The summed E-state index contributed by atoms with van der Waals surface area (Å²) in [5, 5.41) is 1.32. The molecule has 0 fully saturated rings. The fourth-order valence-corrected chi connectivity index (χ4v) is 4.20. The van der Waals surface area contributed by atoms with Gasteiger partial charge in [0.2, 0.25) is 0 Å². The molecule has 4 aromatic rings. The molecule has 150 valence electrons. The van der Waals surface area contributed by atoms with Crippen LogP contribution in [0.25, 0.3) is 33.4 Å². The van der Waals surface area contributed by atoms with Gasteiger partial charge in [0.15, 0.2) is 0 Å². The second-order valence-electron chi connectivity index (χ2n) is 6.73. The van der Waals surface area contributed by atoms with E-state index in [4.69, 9.17) is 32.7 Å². The molecule has 0 unspecified atom stereocenters. The molecule has 2 nitrogen and oxygen atoms in total. The standard InChI is InChI=1S/C26H20Cl2O2/c1-29-23-15-7-11-17(25(23)19-9-3-5-13-21(19)27)18-12-8-16-24(30-2)26(18)20-10-4-6-14-22(20)28/h3-16H,1-2H3. The monoisotopic (exact) mass is 434 g/mol. The van der Waals surface area contributed by atoms with Crippen LogP contribution in [0.5, 0.6) is 11.5 Å². The summed E-state index contributed by atoms with van der Waals surface area (Å²) < 4.78 is 11.5. The average Bonchev–Trinajstić information content (AvgIpc) is 2.79. The van der Waals surface area contributed by atoms with Gasteiger partial charge in [-0.2, -0.15) is 0 Å². The van der Waals surface area contributed by atoms with Gasteiger partial charge in [-0.3, -0.25) is 0 Å². The van der Waals surface area contributed by atoms with Crippen molar-refractivity contribution in [3.63, 3.8) is 0 Å². The molecule has 0 N–H and O–H groups in total. The maximum Gasteiger partial charge on any atom is 0.127 e. The Kier molecular flexibility index (Phi) is 5.98. The van der Waals surface area contributed by atoms with Crippen molar-refractivity contribution < 1.29 is 9.47 Å². The largest absolute Gasteiger partial charge is 0.496 e. The summed E-state index contributed by atoms with van der Waals surface area (Å²) in [5.74, 6) is 1.49. The van der Waals surface area contributed by atoms with E-state index in [2.05, 4.69) is 12.1 Å². The van der Waals surface area contributed by atoms with Crippen LogP contribution >= 0.6 is 23.2 Å². The van der Waals surface area contributed by atoms with Crippen molar-refractivity contribution in [1.29, 1.82) is 0 Å². The molecule has 0 radical (unpaired) electrons. The fourth-order valence-electron chi connectivity index (χ4n) is 3.73. The average molecular weight is 435 g/mol. The summed E-state index contributed by atoms with van der Waals surface area (Å²) in [7, 11) is 3.33. The Morgan fingerprint density at radius 1 is 0.467 bits per heavy atom. The Balaban J connectivity index is 2.09. The van der Waals surface area contributed by atoms with E-state index in [0.717, 1.165) is 44.9 Å². The van der Waals surface area contributed by atoms with Gasteiger partial charge in [0, 0.05) is 32.3 Å². The molecule has 0 spiro atoms. The number of methoxy groups -OCH3 is 2. The number of halogens is 2.